The van der Waals surface area contributed by atoms with E-state index in [1.165, 1.54) is 14.0 Å². The predicted molar refractivity (Wildman–Crippen MR) is 270 cm³/mol. The van der Waals surface area contributed by atoms with Crippen LogP contribution in [0.25, 0.3) is 0 Å². The van der Waals surface area contributed by atoms with Gasteiger partial charge in [0.1, 0.15) is 48.8 Å². The Kier molecular flexibility index (Phi) is 19.2. The lowest BCUT2D eigenvalue weighted by atomic mass is 9.43. The molecule has 4 aliphatic carbocycles. The number of carbonyl (C=O) groups is 2. The number of aliphatic hydroxyl groups is 4. The molecule has 7 fully saturated rings. The standard InChI is InChI=1S/C56H92O20/c1-26(2)21-40(59)73-52-50(71-32(8)58)44-36(56(62)20-18-35(27(3)57)55(52,56)10)16-15-33-22-34(17-19-54(33,44)9)72-41-23-37(63-11)47(29(5)67-41)74-42-24-38(64-12)48(30(6)68-42)75-43-25-39(65-13)49(31(7)69-43)76-53-46(61)51(66-14)45(60)28(4)70-53/h15,26-31,34-39,41-53,57,60-62H,16-25H2,1-14H3/t27-,28-,29+,30+,31+,34+,35+,36-,37+,38+,39+,41-,42-,43-,44-,45-,46-,47+,48+,49+,50+,51+,52-,53+,54-,55+,56+/m0/s1. The van der Waals surface area contributed by atoms with Gasteiger partial charge in [-0.1, -0.05) is 39.3 Å². The summed E-state index contributed by atoms with van der Waals surface area (Å²) in [7, 11) is 6.28. The molecule has 20 heteroatoms. The molecule has 4 heterocycles. The third-order valence-electron chi connectivity index (χ3n) is 19.1. The van der Waals surface area contributed by atoms with Crippen molar-refractivity contribution in [1.29, 1.82) is 0 Å². The SMILES string of the molecule is CO[C@H]1[C@H](O)[C@@H](O[C@@H]2[C@@H](C)O[C@@H](O[C@@H]3[C@@H](C)O[C@@H](O[C@@H]4[C@@H](C)O[C@@H](O[C@@H]5CC[C@@]6(C)C(=CC[C@H]7[C@H]6[C@@H](OC(C)=O)[C@H](OC(=O)CC(C)C)[C@@]6(C)[C@@H]([C@H](C)O)CC[C@@]76O)C5)C[C@H]4OC)C[C@H]3OC)C[C@H]2OC)O[C@@H](C)[C@@H]1O. The van der Waals surface area contributed by atoms with E-state index in [2.05, 4.69) is 13.0 Å². The van der Waals surface area contributed by atoms with E-state index in [1.54, 1.807) is 35.2 Å². The average molecular weight is 1090 g/mol. The highest BCUT2D eigenvalue weighted by atomic mass is 16.8. The molecule has 0 aromatic carbocycles. The van der Waals surface area contributed by atoms with Crippen LogP contribution in [-0.2, 0) is 75.9 Å². The first-order chi connectivity index (χ1) is 35.9. The van der Waals surface area contributed by atoms with Crippen LogP contribution in [0.3, 0.4) is 0 Å². The number of hydrogen-bond donors (Lipinski definition) is 4. The average Bonchev–Trinajstić information content (AvgIpc) is 3.87. The Morgan fingerprint density at radius 3 is 1.72 bits per heavy atom. The van der Waals surface area contributed by atoms with Crippen molar-refractivity contribution in [2.75, 3.05) is 28.4 Å². The fourth-order valence-electron chi connectivity index (χ4n) is 15.2. The van der Waals surface area contributed by atoms with Crippen molar-refractivity contribution in [3.8, 4) is 0 Å². The monoisotopic (exact) mass is 1080 g/mol. The number of esters is 2. The van der Waals surface area contributed by atoms with Crippen molar-refractivity contribution in [2.45, 2.75) is 268 Å². The summed E-state index contributed by atoms with van der Waals surface area (Å²) in [5.74, 6) is -1.93. The lowest BCUT2D eigenvalue weighted by Gasteiger charge is -2.65. The molecule has 4 saturated heterocycles. The number of methoxy groups -OCH3 is 4. The minimum Gasteiger partial charge on any atom is -0.458 e. The summed E-state index contributed by atoms with van der Waals surface area (Å²) in [5.41, 5.74) is -1.74. The van der Waals surface area contributed by atoms with E-state index in [0.29, 0.717) is 57.8 Å². The highest BCUT2D eigenvalue weighted by Gasteiger charge is 2.75. The van der Waals surface area contributed by atoms with Crippen LogP contribution in [0, 0.1) is 34.5 Å². The number of hydrogen-bond acceptors (Lipinski definition) is 20. The molecule has 0 radical (unpaired) electrons. The Bertz CT molecular complexity index is 1990. The zero-order valence-corrected chi connectivity index (χ0v) is 47.4. The first-order valence-electron chi connectivity index (χ1n) is 28.1. The van der Waals surface area contributed by atoms with Gasteiger partial charge in [0.25, 0.3) is 0 Å². The van der Waals surface area contributed by atoms with Crippen LogP contribution in [0.1, 0.15) is 133 Å². The van der Waals surface area contributed by atoms with E-state index in [0.717, 1.165) is 5.57 Å². The van der Waals surface area contributed by atoms with Gasteiger partial charge in [-0.05, 0) is 96.3 Å². The van der Waals surface area contributed by atoms with Crippen molar-refractivity contribution < 1.29 is 96.3 Å². The smallest absolute Gasteiger partial charge is 0.306 e. The summed E-state index contributed by atoms with van der Waals surface area (Å²) in [4.78, 5) is 26.7. The van der Waals surface area contributed by atoms with Gasteiger partial charge in [0.2, 0.25) is 0 Å². The maximum Gasteiger partial charge on any atom is 0.306 e. The Morgan fingerprint density at radius 2 is 1.22 bits per heavy atom. The number of rotatable bonds is 17. The third-order valence-corrected chi connectivity index (χ3v) is 19.1. The normalized spacial score (nSPS) is 49.0. The van der Waals surface area contributed by atoms with Crippen LogP contribution in [0.2, 0.25) is 0 Å². The molecule has 0 spiro atoms. The molecule has 76 heavy (non-hydrogen) atoms. The second-order valence-electron chi connectivity index (χ2n) is 24.2. The second-order valence-corrected chi connectivity index (χ2v) is 24.2. The lowest BCUT2D eigenvalue weighted by molar-refractivity contribution is -0.355. The van der Waals surface area contributed by atoms with Crippen LogP contribution in [-0.4, -0.2) is 195 Å². The molecule has 4 N–H and O–H groups in total. The number of aliphatic hydroxyl groups excluding tert-OH is 3. The molecule has 0 aromatic rings. The largest absolute Gasteiger partial charge is 0.458 e. The van der Waals surface area contributed by atoms with Gasteiger partial charge in [-0.15, -0.1) is 0 Å². The highest BCUT2D eigenvalue weighted by molar-refractivity contribution is 5.70. The summed E-state index contributed by atoms with van der Waals surface area (Å²) < 4.78 is 87.7. The zero-order valence-electron chi connectivity index (χ0n) is 47.4. The van der Waals surface area contributed by atoms with Gasteiger partial charge < -0.3 is 86.7 Å². The molecule has 0 aromatic heterocycles. The first kappa shape index (κ1) is 60.1. The Hall–Kier alpha value is -1.96. The number of carbonyl (C=O) groups excluding carboxylic acids is 2. The molecule has 8 aliphatic rings. The van der Waals surface area contributed by atoms with E-state index in [9.17, 15) is 30.0 Å². The molecule has 3 saturated carbocycles. The summed E-state index contributed by atoms with van der Waals surface area (Å²) in [6.45, 7) is 18.5. The summed E-state index contributed by atoms with van der Waals surface area (Å²) in [6, 6.07) is 0. The minimum absolute atomic E-state index is 0.0308. The molecular formula is C56H92O20. The molecular weight excluding hydrogens is 993 g/mol. The van der Waals surface area contributed by atoms with Gasteiger partial charge in [-0.3, -0.25) is 9.59 Å². The molecule has 0 bridgehead atoms. The number of ether oxygens (including phenoxy) is 14. The van der Waals surface area contributed by atoms with Crippen molar-refractivity contribution >= 4 is 11.9 Å². The maximum atomic E-state index is 13.6. The predicted octanol–water partition coefficient (Wildman–Crippen LogP) is 4.64. The summed E-state index contributed by atoms with van der Waals surface area (Å²) >= 11 is 0. The van der Waals surface area contributed by atoms with Gasteiger partial charge in [0.15, 0.2) is 25.2 Å². The molecule has 436 valence electrons. The van der Waals surface area contributed by atoms with E-state index in [1.807, 2.05) is 41.5 Å². The van der Waals surface area contributed by atoms with Crippen molar-refractivity contribution in [3.63, 3.8) is 0 Å². The topological polar surface area (TPSA) is 244 Å². The molecule has 4 aliphatic heterocycles. The van der Waals surface area contributed by atoms with Gasteiger partial charge in [0.05, 0.1) is 60.5 Å². The zero-order chi connectivity index (χ0) is 55.3. The van der Waals surface area contributed by atoms with Gasteiger partial charge in [0, 0.05) is 72.4 Å². The van der Waals surface area contributed by atoms with E-state index >= 15 is 0 Å². The molecule has 20 nitrogen and oxygen atoms in total. The maximum absolute atomic E-state index is 13.6. The van der Waals surface area contributed by atoms with Gasteiger partial charge in [-0.25, -0.2) is 0 Å². The van der Waals surface area contributed by atoms with Gasteiger partial charge in [-0.2, -0.15) is 0 Å². The third kappa shape index (κ3) is 11.5. The van der Waals surface area contributed by atoms with Crippen LogP contribution in [0.4, 0.5) is 0 Å². The highest BCUT2D eigenvalue weighted by Crippen LogP contribution is 2.69. The lowest BCUT2D eigenvalue weighted by Crippen LogP contribution is -2.72. The fraction of sp³-hybridized carbons (Fsp3) is 0.929. The summed E-state index contributed by atoms with van der Waals surface area (Å²) in [5, 5.41) is 45.7. The Morgan fingerprint density at radius 1 is 0.684 bits per heavy atom. The van der Waals surface area contributed by atoms with Crippen molar-refractivity contribution in [2.24, 2.45) is 34.5 Å². The van der Waals surface area contributed by atoms with Crippen LogP contribution < -0.4 is 0 Å². The number of fused-ring (bicyclic) bond motifs is 5. The van der Waals surface area contributed by atoms with E-state index in [4.69, 9.17) is 66.3 Å². The van der Waals surface area contributed by atoms with Crippen LogP contribution >= 0.6 is 0 Å². The summed E-state index contributed by atoms with van der Waals surface area (Å²) in [6.07, 6.45) is -7.14. The van der Waals surface area contributed by atoms with E-state index < -0.39 is 151 Å². The Labute approximate surface area is 449 Å². The van der Waals surface area contributed by atoms with Gasteiger partial charge >= 0.3 is 11.9 Å². The fourth-order valence-corrected chi connectivity index (χ4v) is 15.2. The Balaban J connectivity index is 0.886. The molecule has 0 amide bonds. The van der Waals surface area contributed by atoms with Crippen LogP contribution in [0.15, 0.2) is 11.6 Å². The van der Waals surface area contributed by atoms with Crippen molar-refractivity contribution in [3.05, 3.63) is 11.6 Å². The first-order valence-corrected chi connectivity index (χ1v) is 28.1. The van der Waals surface area contributed by atoms with Crippen LogP contribution in [0.5, 0.6) is 0 Å². The van der Waals surface area contributed by atoms with Crippen molar-refractivity contribution in [1.82, 2.24) is 0 Å². The minimum atomic E-state index is -1.30. The molecule has 0 unspecified atom stereocenters. The second kappa shape index (κ2) is 24.2. The molecule has 8 rings (SSSR count). The number of allylic oxidation sites excluding steroid dienone is 1. The molecule has 27 atom stereocenters. The quantitative estimate of drug-likeness (QED) is 0.114. The van der Waals surface area contributed by atoms with E-state index in [-0.39, 0.29) is 36.2 Å².